The molecule has 1 saturated heterocycles. The molecular formula is C14H27N3O4. The van der Waals surface area contributed by atoms with Gasteiger partial charge in [0, 0.05) is 24.7 Å². The minimum absolute atomic E-state index is 0.270. The van der Waals surface area contributed by atoms with Crippen LogP contribution in [0.15, 0.2) is 15.7 Å². The topological polar surface area (TPSA) is 110 Å². The molecule has 1 aromatic rings. The highest BCUT2D eigenvalue weighted by molar-refractivity contribution is 5.01. The van der Waals surface area contributed by atoms with E-state index in [9.17, 15) is 14.7 Å². The Kier molecular flexibility index (Phi) is 8.84. The maximum absolute atomic E-state index is 11.7. The average Bonchev–Trinajstić information content (AvgIpc) is 2.83. The fraction of sp³-hybridized carbons (Fsp3) is 0.714. The first-order chi connectivity index (χ1) is 10.0. The van der Waals surface area contributed by atoms with E-state index in [0.717, 1.165) is 0 Å². The van der Waals surface area contributed by atoms with Gasteiger partial charge >= 0.3 is 5.69 Å². The molecule has 1 aliphatic heterocycles. The van der Waals surface area contributed by atoms with Gasteiger partial charge in [0.15, 0.2) is 6.23 Å². The van der Waals surface area contributed by atoms with Crippen molar-refractivity contribution >= 4 is 0 Å². The number of rotatable bonds is 2. The minimum Gasteiger partial charge on any atom is -0.388 e. The molecule has 2 rings (SSSR count). The van der Waals surface area contributed by atoms with Crippen molar-refractivity contribution in [3.63, 3.8) is 0 Å². The Hall–Kier alpha value is -1.44. The van der Waals surface area contributed by atoms with Crippen LogP contribution >= 0.6 is 0 Å². The Morgan fingerprint density at radius 1 is 1.38 bits per heavy atom. The number of ether oxygens (including phenoxy) is 1. The highest BCUT2D eigenvalue weighted by atomic mass is 16.5. The monoisotopic (exact) mass is 301 g/mol. The van der Waals surface area contributed by atoms with Crippen LogP contribution in [0.3, 0.4) is 0 Å². The minimum atomic E-state index is -0.800. The van der Waals surface area contributed by atoms with E-state index in [-0.39, 0.29) is 12.6 Å². The van der Waals surface area contributed by atoms with Crippen molar-refractivity contribution < 1.29 is 9.84 Å². The maximum Gasteiger partial charge on any atom is 0.330 e. The van der Waals surface area contributed by atoms with Crippen molar-refractivity contribution in [3.05, 3.63) is 32.6 Å². The van der Waals surface area contributed by atoms with Crippen molar-refractivity contribution in [1.82, 2.24) is 9.55 Å². The maximum atomic E-state index is 11.7. The molecule has 4 N–H and O–H groups in total. The predicted molar refractivity (Wildman–Crippen MR) is 82.3 cm³/mol. The first-order valence-electron chi connectivity index (χ1n) is 7.39. The van der Waals surface area contributed by atoms with Gasteiger partial charge in [0.25, 0.3) is 5.56 Å². The van der Waals surface area contributed by atoms with Crippen LogP contribution in [0.25, 0.3) is 0 Å². The summed E-state index contributed by atoms with van der Waals surface area (Å²) in [4.78, 5) is 24.9. The van der Waals surface area contributed by atoms with E-state index < -0.39 is 23.6 Å². The Balaban J connectivity index is 0.000000921. The van der Waals surface area contributed by atoms with Crippen LogP contribution in [0.4, 0.5) is 0 Å². The molecule has 0 radical (unpaired) electrons. The first-order valence-corrected chi connectivity index (χ1v) is 7.39. The van der Waals surface area contributed by atoms with E-state index in [1.165, 1.54) is 10.6 Å². The van der Waals surface area contributed by atoms with Crippen LogP contribution in [0, 0.1) is 6.92 Å². The van der Waals surface area contributed by atoms with Gasteiger partial charge in [-0.15, -0.1) is 0 Å². The van der Waals surface area contributed by atoms with Crippen LogP contribution in [0.5, 0.6) is 0 Å². The lowest BCUT2D eigenvalue weighted by Gasteiger charge is -2.19. The summed E-state index contributed by atoms with van der Waals surface area (Å²) in [6.07, 6.45) is -1.47. The van der Waals surface area contributed by atoms with Gasteiger partial charge in [-0.05, 0) is 6.92 Å². The third-order valence-electron chi connectivity index (χ3n) is 2.85. The van der Waals surface area contributed by atoms with Crippen molar-refractivity contribution in [2.45, 2.75) is 59.5 Å². The summed E-state index contributed by atoms with van der Waals surface area (Å²) < 4.78 is 6.71. The van der Waals surface area contributed by atoms with Crippen LogP contribution in [0.1, 0.15) is 46.0 Å². The standard InChI is InChI=1S/C10H15N3O4.2C2H6/c1-5-2-8(15)12-10(16)13(5)9-7(14)3-6(4-11)17-9;2*1-2/h2,6-7,9,14H,3-4,11H2,1H3,(H,12,15,16);2*1-2H3. The van der Waals surface area contributed by atoms with Gasteiger partial charge in [0.1, 0.15) is 6.10 Å². The number of nitrogens with two attached hydrogens (primary N) is 1. The van der Waals surface area contributed by atoms with Crippen molar-refractivity contribution in [3.8, 4) is 0 Å². The van der Waals surface area contributed by atoms with Gasteiger partial charge in [0.05, 0.1) is 6.10 Å². The second kappa shape index (κ2) is 9.49. The Bertz CT molecular complexity index is 524. The normalized spacial score (nSPS) is 23.7. The number of aryl methyl sites for hydroxylation is 1. The molecule has 0 saturated carbocycles. The smallest absolute Gasteiger partial charge is 0.330 e. The number of nitrogens with zero attached hydrogens (tertiary/aromatic N) is 1. The fourth-order valence-corrected chi connectivity index (χ4v) is 2.05. The Morgan fingerprint density at radius 2 is 1.95 bits per heavy atom. The number of H-pyrrole nitrogens is 1. The molecule has 21 heavy (non-hydrogen) atoms. The van der Waals surface area contributed by atoms with Gasteiger partial charge in [-0.3, -0.25) is 14.3 Å². The van der Waals surface area contributed by atoms with E-state index in [4.69, 9.17) is 10.5 Å². The number of aliphatic hydroxyl groups is 1. The SMILES string of the molecule is CC.CC.Cc1cc(=O)[nH]c(=O)n1C1OC(CN)CC1O. The van der Waals surface area contributed by atoms with Crippen LogP contribution < -0.4 is 17.0 Å². The molecule has 7 heteroatoms. The van der Waals surface area contributed by atoms with Crippen LogP contribution in [-0.2, 0) is 4.74 Å². The molecule has 0 bridgehead atoms. The second-order valence-corrected chi connectivity index (χ2v) is 4.14. The lowest BCUT2D eigenvalue weighted by atomic mass is 10.2. The zero-order chi connectivity index (χ0) is 16.6. The molecule has 0 amide bonds. The zero-order valence-corrected chi connectivity index (χ0v) is 13.4. The summed E-state index contributed by atoms with van der Waals surface area (Å²) >= 11 is 0. The highest BCUT2D eigenvalue weighted by Gasteiger charge is 2.35. The summed E-state index contributed by atoms with van der Waals surface area (Å²) in [5, 5.41) is 9.83. The van der Waals surface area contributed by atoms with E-state index in [0.29, 0.717) is 12.1 Å². The molecule has 1 fully saturated rings. The molecule has 2 heterocycles. The van der Waals surface area contributed by atoms with Crippen molar-refractivity contribution in [1.29, 1.82) is 0 Å². The molecule has 3 unspecified atom stereocenters. The lowest BCUT2D eigenvalue weighted by molar-refractivity contribution is -0.0383. The number of aliphatic hydroxyl groups excluding tert-OH is 1. The summed E-state index contributed by atoms with van der Waals surface area (Å²) in [6.45, 7) is 9.90. The molecule has 3 atom stereocenters. The highest BCUT2D eigenvalue weighted by Crippen LogP contribution is 2.27. The predicted octanol–water partition coefficient (Wildman–Crippen LogP) is 0.505. The molecule has 1 aliphatic rings. The molecular weight excluding hydrogens is 274 g/mol. The van der Waals surface area contributed by atoms with Gasteiger partial charge in [-0.1, -0.05) is 27.7 Å². The van der Waals surface area contributed by atoms with Crippen molar-refractivity contribution in [2.24, 2.45) is 5.73 Å². The van der Waals surface area contributed by atoms with Gasteiger partial charge < -0.3 is 15.6 Å². The van der Waals surface area contributed by atoms with E-state index in [1.54, 1.807) is 6.92 Å². The number of hydrogen-bond acceptors (Lipinski definition) is 5. The largest absolute Gasteiger partial charge is 0.388 e. The van der Waals surface area contributed by atoms with Crippen LogP contribution in [-0.4, -0.2) is 33.4 Å². The molecule has 0 aliphatic carbocycles. The summed E-state index contributed by atoms with van der Waals surface area (Å²) in [6, 6.07) is 1.28. The molecule has 0 aromatic carbocycles. The lowest BCUT2D eigenvalue weighted by Crippen LogP contribution is -2.37. The number of aromatic amines is 1. The molecule has 7 nitrogen and oxygen atoms in total. The van der Waals surface area contributed by atoms with E-state index in [1.807, 2.05) is 27.7 Å². The zero-order valence-electron chi connectivity index (χ0n) is 13.4. The quantitative estimate of drug-likeness (QED) is 0.737. The molecule has 0 spiro atoms. The summed E-state index contributed by atoms with van der Waals surface area (Å²) in [5.41, 5.74) is 4.85. The van der Waals surface area contributed by atoms with Gasteiger partial charge in [-0.25, -0.2) is 4.79 Å². The number of aromatic nitrogens is 2. The Morgan fingerprint density at radius 3 is 2.38 bits per heavy atom. The average molecular weight is 301 g/mol. The number of hydrogen-bond donors (Lipinski definition) is 3. The fourth-order valence-electron chi connectivity index (χ4n) is 2.05. The third-order valence-corrected chi connectivity index (χ3v) is 2.85. The third kappa shape index (κ3) is 4.80. The molecule has 122 valence electrons. The summed E-state index contributed by atoms with van der Waals surface area (Å²) in [7, 11) is 0. The van der Waals surface area contributed by atoms with Gasteiger partial charge in [-0.2, -0.15) is 0 Å². The Labute approximate surface area is 124 Å². The van der Waals surface area contributed by atoms with Crippen molar-refractivity contribution in [2.75, 3.05) is 6.54 Å². The van der Waals surface area contributed by atoms with E-state index in [2.05, 4.69) is 4.98 Å². The van der Waals surface area contributed by atoms with E-state index >= 15 is 0 Å². The number of nitrogens with one attached hydrogen (secondary N) is 1. The second-order valence-electron chi connectivity index (χ2n) is 4.14. The van der Waals surface area contributed by atoms with Gasteiger partial charge in [0.2, 0.25) is 0 Å². The molecule has 1 aromatic heterocycles. The first kappa shape index (κ1) is 19.6. The van der Waals surface area contributed by atoms with Crippen LogP contribution in [0.2, 0.25) is 0 Å². The summed E-state index contributed by atoms with van der Waals surface area (Å²) in [5.74, 6) is 0.